The highest BCUT2D eigenvalue weighted by Gasteiger charge is 2.31. The van der Waals surface area contributed by atoms with Crippen molar-refractivity contribution in [2.45, 2.75) is 51.2 Å². The minimum atomic E-state index is -0.233. The number of hydrogen-bond donors (Lipinski definition) is 2. The number of hydrazone groups is 1. The molecule has 118 valence electrons. The van der Waals surface area contributed by atoms with Gasteiger partial charge in [0.25, 0.3) is 5.91 Å². The van der Waals surface area contributed by atoms with Gasteiger partial charge in [-0.1, -0.05) is 0 Å². The highest BCUT2D eigenvalue weighted by molar-refractivity contribution is 6.39. The van der Waals surface area contributed by atoms with Gasteiger partial charge in [-0.3, -0.25) is 9.59 Å². The summed E-state index contributed by atoms with van der Waals surface area (Å²) in [7, 11) is 0. The maximum Gasteiger partial charge on any atom is 0.267 e. The van der Waals surface area contributed by atoms with Crippen LogP contribution in [0, 0.1) is 0 Å². The van der Waals surface area contributed by atoms with E-state index in [1.807, 2.05) is 13.8 Å². The SMILES string of the molecule is CC1(C)CC(NC(=O)C2=NN(CCO)C(=O)CC2)CCO1. The number of rotatable bonds is 4. The van der Waals surface area contributed by atoms with Gasteiger partial charge in [-0.05, 0) is 26.7 Å². The van der Waals surface area contributed by atoms with Gasteiger partial charge in [0, 0.05) is 25.5 Å². The first-order valence-corrected chi connectivity index (χ1v) is 7.35. The van der Waals surface area contributed by atoms with Crippen LogP contribution in [0.3, 0.4) is 0 Å². The third-order valence-corrected chi connectivity index (χ3v) is 3.71. The molecule has 0 spiro atoms. The zero-order valence-electron chi connectivity index (χ0n) is 12.6. The lowest BCUT2D eigenvalue weighted by Crippen LogP contribution is -2.48. The van der Waals surface area contributed by atoms with Crippen LogP contribution in [0.1, 0.15) is 39.5 Å². The number of β-amino-alcohol motifs (C(OH)–C–C–N with tert-alkyl or cyclic N) is 1. The Morgan fingerprint density at radius 3 is 2.95 bits per heavy atom. The number of amides is 2. The first kappa shape index (κ1) is 15.9. The molecular weight excluding hydrogens is 274 g/mol. The molecule has 21 heavy (non-hydrogen) atoms. The van der Waals surface area contributed by atoms with Gasteiger partial charge in [-0.25, -0.2) is 5.01 Å². The predicted molar refractivity (Wildman–Crippen MR) is 76.7 cm³/mol. The number of nitrogens with zero attached hydrogens (tertiary/aromatic N) is 2. The summed E-state index contributed by atoms with van der Waals surface area (Å²) in [4.78, 5) is 23.8. The van der Waals surface area contributed by atoms with Gasteiger partial charge < -0.3 is 15.2 Å². The zero-order valence-corrected chi connectivity index (χ0v) is 12.6. The smallest absolute Gasteiger partial charge is 0.267 e. The minimum Gasteiger partial charge on any atom is -0.394 e. The van der Waals surface area contributed by atoms with Crippen molar-refractivity contribution < 1.29 is 19.4 Å². The molecule has 2 aliphatic rings. The van der Waals surface area contributed by atoms with Crippen molar-refractivity contribution in [3.05, 3.63) is 0 Å². The summed E-state index contributed by atoms with van der Waals surface area (Å²) < 4.78 is 5.62. The van der Waals surface area contributed by atoms with E-state index < -0.39 is 0 Å². The Bertz CT molecular complexity index is 448. The van der Waals surface area contributed by atoms with E-state index in [1.54, 1.807) is 0 Å². The van der Waals surface area contributed by atoms with Crippen molar-refractivity contribution in [1.29, 1.82) is 0 Å². The Hall–Kier alpha value is -1.47. The average Bonchev–Trinajstić information content (AvgIpc) is 2.40. The molecule has 1 atom stereocenters. The summed E-state index contributed by atoms with van der Waals surface area (Å²) in [6.07, 6.45) is 2.14. The number of aliphatic hydroxyl groups is 1. The second-order valence-corrected chi connectivity index (χ2v) is 6.06. The molecular formula is C14H23N3O4. The van der Waals surface area contributed by atoms with Crippen molar-refractivity contribution in [3.63, 3.8) is 0 Å². The maximum atomic E-state index is 12.3. The molecule has 1 fully saturated rings. The molecule has 1 saturated heterocycles. The van der Waals surface area contributed by atoms with Crippen LogP contribution in [-0.4, -0.2) is 59.0 Å². The van der Waals surface area contributed by atoms with Crippen molar-refractivity contribution in [2.75, 3.05) is 19.8 Å². The lowest BCUT2D eigenvalue weighted by molar-refractivity contribution is -0.132. The molecule has 0 aromatic rings. The fraction of sp³-hybridized carbons (Fsp3) is 0.786. The third-order valence-electron chi connectivity index (χ3n) is 3.71. The average molecular weight is 297 g/mol. The van der Waals surface area contributed by atoms with Crippen molar-refractivity contribution in [1.82, 2.24) is 10.3 Å². The van der Waals surface area contributed by atoms with Crippen molar-refractivity contribution in [3.8, 4) is 0 Å². The number of carbonyl (C=O) groups excluding carboxylic acids is 2. The quantitative estimate of drug-likeness (QED) is 0.766. The van der Waals surface area contributed by atoms with Crippen LogP contribution in [-0.2, 0) is 14.3 Å². The largest absolute Gasteiger partial charge is 0.394 e. The van der Waals surface area contributed by atoms with Gasteiger partial charge in [-0.15, -0.1) is 0 Å². The van der Waals surface area contributed by atoms with E-state index in [-0.39, 0.29) is 43.0 Å². The lowest BCUT2D eigenvalue weighted by Gasteiger charge is -2.36. The maximum absolute atomic E-state index is 12.3. The second kappa shape index (κ2) is 6.53. The van der Waals surface area contributed by atoms with Crippen LogP contribution in [0.4, 0.5) is 0 Å². The molecule has 0 aliphatic carbocycles. The van der Waals surface area contributed by atoms with E-state index in [2.05, 4.69) is 10.4 Å². The van der Waals surface area contributed by atoms with Gasteiger partial charge in [0.1, 0.15) is 5.71 Å². The first-order valence-electron chi connectivity index (χ1n) is 7.35. The Morgan fingerprint density at radius 1 is 1.52 bits per heavy atom. The van der Waals surface area contributed by atoms with Crippen LogP contribution in [0.25, 0.3) is 0 Å². The molecule has 0 bridgehead atoms. The van der Waals surface area contributed by atoms with Crippen LogP contribution in [0.2, 0.25) is 0 Å². The second-order valence-electron chi connectivity index (χ2n) is 6.06. The molecule has 0 aromatic carbocycles. The molecule has 2 heterocycles. The molecule has 2 rings (SSSR count). The Morgan fingerprint density at radius 2 is 2.29 bits per heavy atom. The van der Waals surface area contributed by atoms with Crippen molar-refractivity contribution >= 4 is 17.5 Å². The normalized spacial score (nSPS) is 25.5. The minimum absolute atomic E-state index is 0.0628. The summed E-state index contributed by atoms with van der Waals surface area (Å²) in [6.45, 7) is 4.59. The topological polar surface area (TPSA) is 91.2 Å². The van der Waals surface area contributed by atoms with Gasteiger partial charge >= 0.3 is 0 Å². The molecule has 1 unspecified atom stereocenters. The molecule has 2 aliphatic heterocycles. The molecule has 2 N–H and O–H groups in total. The standard InChI is InChI=1S/C14H23N3O4/c1-14(2)9-10(5-8-21-14)15-13(20)11-3-4-12(19)17(16-11)6-7-18/h10,18H,3-9H2,1-2H3,(H,15,20). The number of nitrogens with one attached hydrogen (secondary N) is 1. The first-order chi connectivity index (χ1) is 9.91. The fourth-order valence-corrected chi connectivity index (χ4v) is 2.66. The summed E-state index contributed by atoms with van der Waals surface area (Å²) in [5, 5.41) is 17.1. The molecule has 7 heteroatoms. The highest BCUT2D eigenvalue weighted by Crippen LogP contribution is 2.24. The van der Waals surface area contributed by atoms with Gasteiger partial charge in [-0.2, -0.15) is 5.10 Å². The Kier molecular flexibility index (Phi) is 4.95. The summed E-state index contributed by atoms with van der Waals surface area (Å²) in [5.41, 5.74) is 0.121. The number of hydrogen-bond acceptors (Lipinski definition) is 5. The van der Waals surface area contributed by atoms with Crippen LogP contribution in [0.5, 0.6) is 0 Å². The predicted octanol–water partition coefficient (Wildman–Crippen LogP) is 0.0309. The van der Waals surface area contributed by atoms with Gasteiger partial charge in [0.2, 0.25) is 5.91 Å². The van der Waals surface area contributed by atoms with E-state index >= 15 is 0 Å². The van der Waals surface area contributed by atoms with Crippen LogP contribution >= 0.6 is 0 Å². The van der Waals surface area contributed by atoms with Crippen molar-refractivity contribution in [2.24, 2.45) is 5.10 Å². The van der Waals surface area contributed by atoms with E-state index in [0.29, 0.717) is 18.7 Å². The van der Waals surface area contributed by atoms with Gasteiger partial charge in [0.15, 0.2) is 0 Å². The van der Waals surface area contributed by atoms with E-state index in [1.165, 1.54) is 5.01 Å². The number of ether oxygens (including phenoxy) is 1. The van der Waals surface area contributed by atoms with E-state index in [4.69, 9.17) is 9.84 Å². The third kappa shape index (κ3) is 4.25. The van der Waals surface area contributed by atoms with E-state index in [9.17, 15) is 9.59 Å². The summed E-state index contributed by atoms with van der Waals surface area (Å²) in [6, 6.07) is 0.0628. The Balaban J connectivity index is 1.96. The molecule has 0 saturated carbocycles. The molecule has 0 radical (unpaired) electrons. The molecule has 7 nitrogen and oxygen atoms in total. The highest BCUT2D eigenvalue weighted by atomic mass is 16.5. The fourth-order valence-electron chi connectivity index (χ4n) is 2.66. The lowest BCUT2D eigenvalue weighted by atomic mass is 9.93. The Labute approximate surface area is 124 Å². The van der Waals surface area contributed by atoms with Crippen LogP contribution in [0.15, 0.2) is 5.10 Å². The summed E-state index contributed by atoms with van der Waals surface area (Å²) >= 11 is 0. The van der Waals surface area contributed by atoms with Crippen LogP contribution < -0.4 is 5.32 Å². The zero-order chi connectivity index (χ0) is 15.5. The van der Waals surface area contributed by atoms with E-state index in [0.717, 1.165) is 12.8 Å². The monoisotopic (exact) mass is 297 g/mol. The summed E-state index contributed by atoms with van der Waals surface area (Å²) in [5.74, 6) is -0.388. The van der Waals surface area contributed by atoms with Gasteiger partial charge in [0.05, 0.1) is 18.8 Å². The molecule has 2 amide bonds. The number of carbonyl (C=O) groups is 2. The molecule has 0 aromatic heterocycles. The number of aliphatic hydroxyl groups excluding tert-OH is 1.